The number of thiazole rings is 1. The van der Waals surface area contributed by atoms with Gasteiger partial charge in [-0.2, -0.15) is 0 Å². The predicted octanol–water partition coefficient (Wildman–Crippen LogP) is 5.74. The van der Waals surface area contributed by atoms with Gasteiger partial charge in [-0.15, -0.1) is 11.3 Å². The Morgan fingerprint density at radius 1 is 1.14 bits per heavy atom. The fraction of sp³-hybridized carbons (Fsp3) is 0.632. The number of nitrogens with one attached hydrogen (secondary N) is 1. The number of halogens is 1. The lowest BCUT2D eigenvalue weighted by Crippen LogP contribution is -2.47. The van der Waals surface area contributed by atoms with Gasteiger partial charge in [0.25, 0.3) is 5.91 Å². The van der Waals surface area contributed by atoms with Gasteiger partial charge in [0.15, 0.2) is 11.9 Å². The number of amides is 2. The molecule has 0 bridgehead atoms. The maximum Gasteiger partial charge on any atom is 0.306 e. The van der Waals surface area contributed by atoms with E-state index in [0.717, 1.165) is 37.1 Å². The summed E-state index contributed by atoms with van der Waals surface area (Å²) in [6.45, 7) is 9.45. The first-order chi connectivity index (χ1) is 24.0. The summed E-state index contributed by atoms with van der Waals surface area (Å²) in [5.41, 5.74) is 0.701. The fourth-order valence-electron chi connectivity index (χ4n) is 7.31. The van der Waals surface area contributed by atoms with Gasteiger partial charge < -0.3 is 20.1 Å². The molecule has 2 N–H and O–H groups in total. The van der Waals surface area contributed by atoms with E-state index in [-0.39, 0.29) is 61.1 Å². The van der Waals surface area contributed by atoms with E-state index in [9.17, 15) is 33.5 Å². The number of likely N-dealkylation sites (tertiary alicyclic amines) is 1. The minimum absolute atomic E-state index is 0.0286. The third-order valence-corrected chi connectivity index (χ3v) is 11.3. The van der Waals surface area contributed by atoms with Crippen LogP contribution in [0.4, 0.5) is 4.39 Å². The van der Waals surface area contributed by atoms with Crippen molar-refractivity contribution in [2.45, 2.75) is 117 Å². The molecule has 2 amide bonds. The highest BCUT2D eigenvalue weighted by Gasteiger charge is 2.54. The van der Waals surface area contributed by atoms with Crippen LogP contribution in [0.2, 0.25) is 0 Å². The maximum absolute atomic E-state index is 14.1. The van der Waals surface area contributed by atoms with E-state index in [4.69, 9.17) is 4.74 Å². The van der Waals surface area contributed by atoms with Gasteiger partial charge in [0.1, 0.15) is 16.5 Å². The Morgan fingerprint density at radius 2 is 1.84 bits per heavy atom. The number of benzene rings is 1. The second-order valence-corrected chi connectivity index (χ2v) is 15.9. The molecule has 0 spiro atoms. The molecule has 1 saturated carbocycles. The summed E-state index contributed by atoms with van der Waals surface area (Å²) in [6, 6.07) is 3.43. The van der Waals surface area contributed by atoms with Crippen molar-refractivity contribution in [2.75, 3.05) is 20.6 Å². The molecule has 2 fully saturated rings. The highest BCUT2D eigenvalue weighted by molar-refractivity contribution is 7.09. The van der Waals surface area contributed by atoms with Crippen molar-refractivity contribution in [1.29, 1.82) is 0 Å². The lowest BCUT2D eigenvalue weighted by molar-refractivity contribution is -0.149. The number of likely N-dealkylation sites (N-methyl/N-ethyl adjacent to an activating group) is 1. The van der Waals surface area contributed by atoms with Gasteiger partial charge in [-0.3, -0.25) is 28.9 Å². The first-order valence-corrected chi connectivity index (χ1v) is 18.8. The molecule has 2 heterocycles. The molecule has 13 heteroatoms. The molecule has 1 aliphatic carbocycles. The number of aliphatic carboxylic acids is 1. The number of ketones is 1. The van der Waals surface area contributed by atoms with Crippen molar-refractivity contribution < 1.29 is 38.2 Å². The largest absolute Gasteiger partial charge is 0.481 e. The van der Waals surface area contributed by atoms with E-state index in [2.05, 4.69) is 15.2 Å². The summed E-state index contributed by atoms with van der Waals surface area (Å²) >= 11 is 1.15. The molecule has 1 aromatic carbocycles. The number of piperidine rings is 1. The minimum Gasteiger partial charge on any atom is -0.481 e. The molecule has 4 rings (SSSR count). The van der Waals surface area contributed by atoms with E-state index in [0.29, 0.717) is 29.0 Å². The number of hydrogen-bond donors (Lipinski definition) is 2. The highest BCUT2D eigenvalue weighted by atomic mass is 32.1. The number of hydrogen-bond acceptors (Lipinski definition) is 9. The van der Waals surface area contributed by atoms with Crippen LogP contribution in [0.3, 0.4) is 0 Å². The minimum atomic E-state index is -1.01. The molecule has 1 aromatic heterocycles. The molecule has 0 unspecified atom stereocenters. The molecule has 51 heavy (non-hydrogen) atoms. The number of aryl methyl sites for hydroxylation is 1. The maximum atomic E-state index is 14.1. The van der Waals surface area contributed by atoms with Crippen LogP contribution < -0.4 is 5.32 Å². The number of ether oxygens (including phenoxy) is 1. The van der Waals surface area contributed by atoms with Crippen molar-refractivity contribution in [3.8, 4) is 0 Å². The molecular formula is C38H53FN4O7S. The first-order valence-electron chi connectivity index (χ1n) is 17.9. The second-order valence-electron chi connectivity index (χ2n) is 15.0. The van der Waals surface area contributed by atoms with Crippen molar-refractivity contribution in [1.82, 2.24) is 20.1 Å². The van der Waals surface area contributed by atoms with Gasteiger partial charge in [-0.05, 0) is 88.2 Å². The Labute approximate surface area is 304 Å². The summed E-state index contributed by atoms with van der Waals surface area (Å²) in [7, 11) is 3.72. The standard InChI is InChI=1S/C38H53FN4O7S/c1-22(2)31(43(7)37(49)38(11-12-38)20-32(45)30-10-8-9-13-42(30)6)19-33(50-25(5)44)35-41-29(21-51-35)34(46)40-28(16-24(4)36(47)48)18-26-14-23(3)15-27(39)17-26/h14-15,17,21-22,24,28,30-31,33H,8-13,16,18-20H2,1-7H3,(H,40,46)(H,47,48)/t24-,28+,30+,31+,33+/m0/s1. The Kier molecular flexibility index (Phi) is 13.5. The van der Waals surface area contributed by atoms with Crippen molar-refractivity contribution >= 4 is 40.9 Å². The first kappa shape index (κ1) is 40.1. The third-order valence-electron chi connectivity index (χ3n) is 10.3. The highest BCUT2D eigenvalue weighted by Crippen LogP contribution is 2.51. The summed E-state index contributed by atoms with van der Waals surface area (Å²) in [6.07, 6.45) is 4.16. The molecule has 2 aliphatic rings. The van der Waals surface area contributed by atoms with Gasteiger partial charge in [-0.1, -0.05) is 33.3 Å². The van der Waals surface area contributed by atoms with Crippen LogP contribution in [0.5, 0.6) is 0 Å². The lowest BCUT2D eigenvalue weighted by Gasteiger charge is -2.36. The van der Waals surface area contributed by atoms with Gasteiger partial charge in [0, 0.05) is 44.3 Å². The number of esters is 1. The van der Waals surface area contributed by atoms with E-state index in [1.807, 2.05) is 20.9 Å². The fourth-order valence-corrected chi connectivity index (χ4v) is 8.15. The Morgan fingerprint density at radius 3 is 2.43 bits per heavy atom. The third kappa shape index (κ3) is 10.7. The monoisotopic (exact) mass is 728 g/mol. The average molecular weight is 729 g/mol. The summed E-state index contributed by atoms with van der Waals surface area (Å²) in [5, 5.41) is 14.4. The van der Waals surface area contributed by atoms with Crippen LogP contribution in [0.25, 0.3) is 0 Å². The van der Waals surface area contributed by atoms with E-state index in [1.165, 1.54) is 19.1 Å². The Hall–Kier alpha value is -3.71. The predicted molar refractivity (Wildman–Crippen MR) is 192 cm³/mol. The van der Waals surface area contributed by atoms with Crippen molar-refractivity contribution in [2.24, 2.45) is 17.3 Å². The van der Waals surface area contributed by atoms with Crippen LogP contribution in [-0.2, 0) is 30.3 Å². The van der Waals surface area contributed by atoms with Crippen molar-refractivity contribution in [3.63, 3.8) is 0 Å². The molecule has 280 valence electrons. The number of carboxylic acid groups (broad SMARTS) is 1. The molecular weight excluding hydrogens is 676 g/mol. The van der Waals surface area contributed by atoms with E-state index < -0.39 is 47.1 Å². The van der Waals surface area contributed by atoms with Crippen LogP contribution >= 0.6 is 11.3 Å². The Balaban J connectivity index is 1.49. The summed E-state index contributed by atoms with van der Waals surface area (Å²) in [4.78, 5) is 73.2. The van der Waals surface area contributed by atoms with Crippen LogP contribution in [-0.4, -0.2) is 88.2 Å². The summed E-state index contributed by atoms with van der Waals surface area (Å²) in [5.74, 6) is -3.25. The number of carbonyl (C=O) groups excluding carboxylic acids is 4. The number of carbonyl (C=O) groups is 5. The smallest absolute Gasteiger partial charge is 0.306 e. The number of carboxylic acids is 1. The zero-order chi connectivity index (χ0) is 37.6. The van der Waals surface area contributed by atoms with E-state index >= 15 is 0 Å². The quantitative estimate of drug-likeness (QED) is 0.195. The van der Waals surface area contributed by atoms with Gasteiger partial charge >= 0.3 is 11.9 Å². The zero-order valence-electron chi connectivity index (χ0n) is 30.9. The number of aromatic nitrogens is 1. The van der Waals surface area contributed by atoms with Crippen molar-refractivity contribution in [3.05, 3.63) is 51.2 Å². The SMILES string of the molecule is CC(=O)O[C@H](C[C@H](C(C)C)N(C)C(=O)C1(CC(=O)[C@H]2CCCCN2C)CC1)c1nc(C(=O)N[C@@H](Cc2cc(C)cc(F)c2)C[C@H](C)C(=O)O)cs1. The molecule has 2 aromatic rings. The molecule has 1 aliphatic heterocycles. The normalized spacial score (nSPS) is 19.4. The number of rotatable bonds is 17. The topological polar surface area (TPSA) is 146 Å². The second kappa shape index (κ2) is 17.2. The lowest BCUT2D eigenvalue weighted by atomic mass is 9.88. The van der Waals surface area contributed by atoms with Gasteiger partial charge in [0.05, 0.1) is 17.4 Å². The number of nitrogens with zero attached hydrogens (tertiary/aromatic N) is 3. The summed E-state index contributed by atoms with van der Waals surface area (Å²) < 4.78 is 19.9. The Bertz CT molecular complexity index is 1570. The van der Waals surface area contributed by atoms with Gasteiger partial charge in [-0.25, -0.2) is 9.37 Å². The molecule has 0 radical (unpaired) electrons. The zero-order valence-corrected chi connectivity index (χ0v) is 31.7. The average Bonchev–Trinajstić information content (AvgIpc) is 3.64. The van der Waals surface area contributed by atoms with Gasteiger partial charge in [0.2, 0.25) is 5.91 Å². The van der Waals surface area contributed by atoms with Crippen LogP contribution in [0.1, 0.15) is 112 Å². The van der Waals surface area contributed by atoms with E-state index in [1.54, 1.807) is 37.2 Å². The number of Topliss-reactive ketones (excluding diaryl/α,β-unsaturated/α-hetero) is 1. The van der Waals surface area contributed by atoms with Crippen LogP contribution in [0, 0.1) is 30.0 Å². The van der Waals surface area contributed by atoms with Crippen LogP contribution in [0.15, 0.2) is 23.6 Å². The molecule has 1 saturated heterocycles. The molecule has 11 nitrogen and oxygen atoms in total. The molecule has 5 atom stereocenters.